The molecule has 1 unspecified atom stereocenters. The minimum atomic E-state index is -2.87. The molecule has 0 radical (unpaired) electrons. The summed E-state index contributed by atoms with van der Waals surface area (Å²) in [5, 5.41) is 0. The Morgan fingerprint density at radius 3 is 0.538 bits per heavy atom. The maximum atomic E-state index is 8.70. The van der Waals surface area contributed by atoms with Crippen LogP contribution in [0.5, 0.6) is 0 Å². The van der Waals surface area contributed by atoms with Crippen molar-refractivity contribution < 1.29 is 43.1 Å². The average Bonchev–Trinajstić information content (AvgIpc) is 1.54. The first-order valence-corrected chi connectivity index (χ1v) is 5.24. The lowest BCUT2D eigenvalue weighted by Crippen LogP contribution is -1.38. The van der Waals surface area contributed by atoms with Crippen molar-refractivity contribution in [3.05, 3.63) is 0 Å². The molecule has 0 aromatic carbocycles. The lowest BCUT2D eigenvalue weighted by atomic mass is 15.8. The van der Waals surface area contributed by atoms with Crippen molar-refractivity contribution in [2.24, 2.45) is 0 Å². The smallest absolute Gasteiger partial charge is 0.153 e. The second-order valence-electron chi connectivity index (χ2n) is 0.758. The molecule has 9 nitrogen and oxygen atoms in total. The molecule has 0 rings (SSSR count). The maximum Gasteiger partial charge on any atom is 0.692 e. The summed E-state index contributed by atoms with van der Waals surface area (Å²) in [5.41, 5.74) is 0. The van der Waals surface area contributed by atoms with Crippen molar-refractivity contribution in [1.82, 2.24) is 0 Å². The summed E-state index contributed by atoms with van der Waals surface area (Å²) >= 11 is 0. The van der Waals surface area contributed by atoms with E-state index in [1.165, 1.54) is 0 Å². The van der Waals surface area contributed by atoms with Gasteiger partial charge in [0.15, 0.2) is 0 Å². The van der Waals surface area contributed by atoms with Crippen LogP contribution in [0.1, 0.15) is 0 Å². The molecule has 6 N–H and O–H groups in total. The third-order valence-electron chi connectivity index (χ3n) is 0. The van der Waals surface area contributed by atoms with Crippen molar-refractivity contribution >= 4 is 34.7 Å². The lowest BCUT2D eigenvalue weighted by molar-refractivity contribution is 0.403. The van der Waals surface area contributed by atoms with Crippen molar-refractivity contribution in [3.8, 4) is 0 Å². The second-order valence-corrected chi connectivity index (χ2v) is 2.27. The van der Waals surface area contributed by atoms with Gasteiger partial charge in [-0.1, -0.05) is 0 Å². The molecule has 0 aromatic heterocycles. The van der Waals surface area contributed by atoms with Crippen LogP contribution in [0, 0.1) is 0 Å². The van der Waals surface area contributed by atoms with Crippen LogP contribution in [-0.2, 0) is 13.7 Å². The Bertz CT molecular complexity index is 109. The van der Waals surface area contributed by atoms with Crippen LogP contribution in [0.4, 0.5) is 0 Å². The van der Waals surface area contributed by atoms with Crippen LogP contribution in [-0.4, -0.2) is 29.4 Å². The fourth-order valence-corrected chi connectivity index (χ4v) is 0. The molecule has 0 saturated carbocycles. The molecule has 80 valence electrons. The van der Waals surface area contributed by atoms with E-state index in [-0.39, 0.29) is 9.90 Å². The third-order valence-corrected chi connectivity index (χ3v) is 0. The molecule has 0 aromatic rings. The second kappa shape index (κ2) is 18.3. The Labute approximate surface area is 78.5 Å². The molecule has 0 aliphatic carbocycles. The summed E-state index contributed by atoms with van der Waals surface area (Å²) in [4.78, 5) is 42.7. The van der Waals surface area contributed by atoms with Crippen molar-refractivity contribution in [2.75, 3.05) is 0 Å². The fourth-order valence-electron chi connectivity index (χ4n) is 0. The zero-order valence-electron chi connectivity index (χ0n) is 5.96. The fraction of sp³-hybridized carbons (Fsp3) is 0. The molecule has 0 heterocycles. The zero-order valence-corrected chi connectivity index (χ0v) is 10.1. The van der Waals surface area contributed by atoms with Gasteiger partial charge in [-0.05, 0) is 0 Å². The molecule has 0 aliphatic heterocycles. The van der Waals surface area contributed by atoms with Crippen LogP contribution >= 0.6 is 34.7 Å². The van der Waals surface area contributed by atoms with E-state index >= 15 is 0 Å². The highest BCUT2D eigenvalue weighted by molar-refractivity contribution is 7.31. The van der Waals surface area contributed by atoms with Gasteiger partial charge in [0.1, 0.15) is 0 Å². The van der Waals surface area contributed by atoms with Gasteiger partial charge < -0.3 is 0 Å². The normalized spacial score (nSPS) is 6.00. The van der Waals surface area contributed by atoms with Gasteiger partial charge in [0.2, 0.25) is 0 Å². The highest BCUT2D eigenvalue weighted by Gasteiger charge is 1.93. The molecule has 1 atom stereocenters. The summed E-state index contributed by atoms with van der Waals surface area (Å²) in [6.07, 6.45) is 0. The van der Waals surface area contributed by atoms with E-state index in [2.05, 4.69) is 0 Å². The first kappa shape index (κ1) is 23.4. The minimum Gasteiger partial charge on any atom is -0.153 e. The largest absolute Gasteiger partial charge is 0.692 e. The quantitative estimate of drug-likeness (QED) is 0.302. The highest BCUT2D eigenvalue weighted by Crippen LogP contribution is 1.99. The molecule has 0 fully saturated rings. The van der Waals surface area contributed by atoms with Crippen molar-refractivity contribution in [1.29, 1.82) is 0 Å². The molecule has 0 saturated heterocycles. The lowest BCUT2D eigenvalue weighted by Gasteiger charge is -1.34. The topological polar surface area (TPSA) is 173 Å². The Morgan fingerprint density at radius 1 is 0.538 bits per heavy atom. The standard InChI is InChI=1S/3HO3P.H3P/c3*1-4(2)3;/h3*(H-,1,2,3);1H3/p+3. The van der Waals surface area contributed by atoms with Gasteiger partial charge in [0.05, 0.1) is 0 Å². The van der Waals surface area contributed by atoms with E-state index < -0.39 is 24.8 Å². The van der Waals surface area contributed by atoms with E-state index in [0.29, 0.717) is 0 Å². The number of hydrogen-bond donors (Lipinski definition) is 6. The molecule has 0 bridgehead atoms. The minimum absolute atomic E-state index is 0. The van der Waals surface area contributed by atoms with Crippen molar-refractivity contribution in [2.45, 2.75) is 0 Å². The summed E-state index contributed by atoms with van der Waals surface area (Å²) in [5.74, 6) is 0. The summed E-state index contributed by atoms with van der Waals surface area (Å²) < 4.78 is 26.1. The first-order chi connectivity index (χ1) is 5.20. The SMILES string of the molecule is O=[P+](O)O.O=[P+](O)O.O=[P+](O)O.P. The van der Waals surface area contributed by atoms with Gasteiger partial charge in [-0.2, -0.15) is 9.90 Å². The average molecular weight is 277 g/mol. The predicted molar refractivity (Wildman–Crippen MR) is 47.2 cm³/mol. The molecule has 13 heteroatoms. The number of rotatable bonds is 0. The summed E-state index contributed by atoms with van der Waals surface area (Å²) in [6.45, 7) is 0. The van der Waals surface area contributed by atoms with E-state index in [1.807, 2.05) is 0 Å². The van der Waals surface area contributed by atoms with E-state index in [0.717, 1.165) is 0 Å². The Kier molecular flexibility index (Phi) is 32.9. The summed E-state index contributed by atoms with van der Waals surface area (Å²) in [7, 11) is -8.61. The number of hydrogen-bond acceptors (Lipinski definition) is 3. The van der Waals surface area contributed by atoms with Gasteiger partial charge in [0.25, 0.3) is 0 Å². The van der Waals surface area contributed by atoms with Crippen LogP contribution in [0.2, 0.25) is 0 Å². The molecule has 0 aliphatic rings. The summed E-state index contributed by atoms with van der Waals surface area (Å²) in [6, 6.07) is 0. The van der Waals surface area contributed by atoms with Gasteiger partial charge in [-0.3, -0.25) is 0 Å². The Morgan fingerprint density at radius 2 is 0.538 bits per heavy atom. The molecule has 13 heavy (non-hydrogen) atoms. The van der Waals surface area contributed by atoms with Crippen LogP contribution < -0.4 is 0 Å². The molecular weight excluding hydrogens is 268 g/mol. The molecular formula is H9O9P4+3. The van der Waals surface area contributed by atoms with Gasteiger partial charge in [-0.15, -0.1) is 29.4 Å². The maximum absolute atomic E-state index is 8.70. The van der Waals surface area contributed by atoms with E-state index in [9.17, 15) is 0 Å². The predicted octanol–water partition coefficient (Wildman–Crippen LogP) is -1.06. The van der Waals surface area contributed by atoms with Gasteiger partial charge in [0, 0.05) is 13.7 Å². The Hall–Kier alpha value is 0.490. The van der Waals surface area contributed by atoms with Gasteiger partial charge >= 0.3 is 24.8 Å². The Balaban J connectivity index is -0.0000000450. The zero-order chi connectivity index (χ0) is 10.7. The van der Waals surface area contributed by atoms with Crippen LogP contribution in [0.3, 0.4) is 0 Å². The van der Waals surface area contributed by atoms with E-state index in [4.69, 9.17) is 43.1 Å². The van der Waals surface area contributed by atoms with Crippen molar-refractivity contribution in [3.63, 3.8) is 0 Å². The van der Waals surface area contributed by atoms with Crippen LogP contribution in [0.25, 0.3) is 0 Å². The van der Waals surface area contributed by atoms with E-state index in [1.54, 1.807) is 0 Å². The molecule has 0 amide bonds. The molecule has 0 spiro atoms. The third kappa shape index (κ3) is 5720. The first-order valence-electron chi connectivity index (χ1n) is 1.75. The van der Waals surface area contributed by atoms with Crippen LogP contribution in [0.15, 0.2) is 0 Å². The monoisotopic (exact) mass is 277 g/mol. The van der Waals surface area contributed by atoms with Gasteiger partial charge in [-0.25, -0.2) is 0 Å². The highest BCUT2D eigenvalue weighted by atomic mass is 31.1.